The first kappa shape index (κ1) is 12.1. The highest BCUT2D eigenvalue weighted by molar-refractivity contribution is 5.36. The summed E-state index contributed by atoms with van der Waals surface area (Å²) in [5.74, 6) is 0.995. The lowest BCUT2D eigenvalue weighted by molar-refractivity contribution is 0.421. The summed E-state index contributed by atoms with van der Waals surface area (Å²) in [7, 11) is 0. The van der Waals surface area contributed by atoms with E-state index in [0.717, 1.165) is 18.7 Å². The van der Waals surface area contributed by atoms with Crippen molar-refractivity contribution in [3.05, 3.63) is 11.8 Å². The first-order valence-electron chi connectivity index (χ1n) is 5.91. The maximum Gasteiger partial charge on any atom is 0.148 e. The molecule has 0 aliphatic carbocycles. The van der Waals surface area contributed by atoms with Crippen molar-refractivity contribution < 1.29 is 0 Å². The summed E-state index contributed by atoms with van der Waals surface area (Å²) in [5, 5.41) is 7.93. The highest BCUT2D eigenvalue weighted by Gasteiger charge is 2.11. The Bertz CT molecular complexity index is 298. The van der Waals surface area contributed by atoms with Crippen LogP contribution in [-0.4, -0.2) is 15.8 Å². The second kappa shape index (κ2) is 5.19. The van der Waals surface area contributed by atoms with Gasteiger partial charge in [0.25, 0.3) is 0 Å². The molecule has 0 bridgehead atoms. The monoisotopic (exact) mass is 209 g/mol. The van der Waals surface area contributed by atoms with E-state index >= 15 is 0 Å². The van der Waals surface area contributed by atoms with Crippen LogP contribution in [0.4, 0.5) is 5.82 Å². The van der Waals surface area contributed by atoms with Crippen molar-refractivity contribution in [2.24, 2.45) is 0 Å². The first-order chi connectivity index (χ1) is 7.08. The molecular weight excluding hydrogens is 186 g/mol. The minimum atomic E-state index is 0.439. The topological polar surface area (TPSA) is 29.9 Å². The molecule has 3 heteroatoms. The van der Waals surface area contributed by atoms with Gasteiger partial charge >= 0.3 is 0 Å². The zero-order valence-corrected chi connectivity index (χ0v) is 10.5. The minimum absolute atomic E-state index is 0.439. The molecule has 1 N–H and O–H groups in total. The molecule has 0 aliphatic heterocycles. The Morgan fingerprint density at radius 1 is 1.33 bits per heavy atom. The van der Waals surface area contributed by atoms with Crippen LogP contribution >= 0.6 is 0 Å². The summed E-state index contributed by atoms with van der Waals surface area (Å²) in [6.45, 7) is 10.8. The molecule has 0 fully saturated rings. The molecule has 1 rings (SSSR count). The maximum atomic E-state index is 4.60. The van der Waals surface area contributed by atoms with Crippen molar-refractivity contribution in [2.45, 2.75) is 59.5 Å². The van der Waals surface area contributed by atoms with Gasteiger partial charge in [0.1, 0.15) is 5.82 Å². The van der Waals surface area contributed by atoms with Gasteiger partial charge < -0.3 is 5.32 Å². The number of rotatable bonds is 5. The quantitative estimate of drug-likeness (QED) is 0.805. The van der Waals surface area contributed by atoms with Gasteiger partial charge in [0.15, 0.2) is 0 Å². The summed E-state index contributed by atoms with van der Waals surface area (Å²) in [4.78, 5) is 0. The molecule has 0 radical (unpaired) electrons. The van der Waals surface area contributed by atoms with Crippen molar-refractivity contribution in [1.82, 2.24) is 9.78 Å². The van der Waals surface area contributed by atoms with Crippen LogP contribution in [-0.2, 0) is 0 Å². The van der Waals surface area contributed by atoms with Crippen LogP contribution in [0.2, 0.25) is 0 Å². The van der Waals surface area contributed by atoms with E-state index in [1.165, 1.54) is 5.69 Å². The van der Waals surface area contributed by atoms with E-state index in [-0.39, 0.29) is 0 Å². The summed E-state index contributed by atoms with van der Waals surface area (Å²) in [5.41, 5.74) is 1.24. The van der Waals surface area contributed by atoms with E-state index in [2.05, 4.69) is 55.8 Å². The molecule has 0 saturated heterocycles. The second-order valence-corrected chi connectivity index (χ2v) is 4.38. The van der Waals surface area contributed by atoms with Gasteiger partial charge in [-0.2, -0.15) is 5.10 Å². The lowest BCUT2D eigenvalue weighted by Gasteiger charge is -2.15. The lowest BCUT2D eigenvalue weighted by atomic mass is 10.2. The molecule has 0 saturated carbocycles. The molecule has 0 unspecified atom stereocenters. The molecule has 0 atom stereocenters. The highest BCUT2D eigenvalue weighted by atomic mass is 15.3. The van der Waals surface area contributed by atoms with Crippen LogP contribution in [0.15, 0.2) is 6.07 Å². The zero-order valence-electron chi connectivity index (χ0n) is 10.5. The van der Waals surface area contributed by atoms with Crippen molar-refractivity contribution in [3.63, 3.8) is 0 Å². The summed E-state index contributed by atoms with van der Waals surface area (Å²) < 4.78 is 2.14. The van der Waals surface area contributed by atoms with Crippen molar-refractivity contribution in [1.29, 1.82) is 0 Å². The smallest absolute Gasteiger partial charge is 0.148 e. The predicted molar refractivity (Wildman–Crippen MR) is 65.3 cm³/mol. The maximum absolute atomic E-state index is 4.60. The number of aromatic nitrogens is 2. The largest absolute Gasteiger partial charge is 0.366 e. The molecule has 0 aromatic carbocycles. The second-order valence-electron chi connectivity index (χ2n) is 4.38. The Morgan fingerprint density at radius 3 is 2.40 bits per heavy atom. The van der Waals surface area contributed by atoms with Crippen molar-refractivity contribution in [3.8, 4) is 0 Å². The van der Waals surface area contributed by atoms with Crippen molar-refractivity contribution >= 4 is 5.82 Å². The fraction of sp³-hybridized carbons (Fsp3) is 0.750. The van der Waals surface area contributed by atoms with Gasteiger partial charge in [-0.15, -0.1) is 0 Å². The Kier molecular flexibility index (Phi) is 4.18. The van der Waals surface area contributed by atoms with Gasteiger partial charge in [0.05, 0.1) is 6.04 Å². The average molecular weight is 209 g/mol. The minimum Gasteiger partial charge on any atom is -0.366 e. The molecule has 0 amide bonds. The van der Waals surface area contributed by atoms with E-state index in [4.69, 9.17) is 0 Å². The predicted octanol–water partition coefficient (Wildman–Crippen LogP) is 3.37. The van der Waals surface area contributed by atoms with Crippen LogP contribution < -0.4 is 5.32 Å². The van der Waals surface area contributed by atoms with E-state index in [9.17, 15) is 0 Å². The zero-order chi connectivity index (χ0) is 11.4. The molecule has 0 spiro atoms. The molecular formula is C12H23N3. The fourth-order valence-corrected chi connectivity index (χ4v) is 1.86. The molecule has 0 aliphatic rings. The Labute approximate surface area is 92.9 Å². The normalized spacial score (nSPS) is 11.4. The summed E-state index contributed by atoms with van der Waals surface area (Å²) in [6.07, 6.45) is 2.28. The van der Waals surface area contributed by atoms with Gasteiger partial charge in [-0.05, 0) is 33.6 Å². The van der Waals surface area contributed by atoms with Crippen LogP contribution in [0.25, 0.3) is 0 Å². The van der Waals surface area contributed by atoms with Crippen LogP contribution in [0.3, 0.4) is 0 Å². The van der Waals surface area contributed by atoms with Crippen LogP contribution in [0.5, 0.6) is 0 Å². The van der Waals surface area contributed by atoms with E-state index in [0.29, 0.717) is 12.1 Å². The van der Waals surface area contributed by atoms with Gasteiger partial charge in [-0.3, -0.25) is 4.68 Å². The van der Waals surface area contributed by atoms with Crippen molar-refractivity contribution in [2.75, 3.05) is 5.32 Å². The van der Waals surface area contributed by atoms with E-state index < -0.39 is 0 Å². The Hall–Kier alpha value is -0.990. The van der Waals surface area contributed by atoms with Gasteiger partial charge in [0.2, 0.25) is 0 Å². The van der Waals surface area contributed by atoms with Crippen LogP contribution in [0, 0.1) is 6.92 Å². The average Bonchev–Trinajstić information content (AvgIpc) is 2.48. The highest BCUT2D eigenvalue weighted by Crippen LogP contribution is 2.20. The number of aryl methyl sites for hydroxylation is 1. The number of nitrogens with one attached hydrogen (secondary N) is 1. The Balaban J connectivity index is 2.85. The van der Waals surface area contributed by atoms with Gasteiger partial charge in [0, 0.05) is 17.8 Å². The number of hydrogen-bond donors (Lipinski definition) is 1. The van der Waals surface area contributed by atoms with E-state index in [1.54, 1.807) is 0 Å². The third-order valence-corrected chi connectivity index (χ3v) is 2.65. The molecule has 1 heterocycles. The summed E-state index contributed by atoms with van der Waals surface area (Å²) in [6, 6.07) is 3.10. The van der Waals surface area contributed by atoms with Gasteiger partial charge in [-0.1, -0.05) is 13.8 Å². The molecule has 15 heavy (non-hydrogen) atoms. The fourth-order valence-electron chi connectivity index (χ4n) is 1.86. The molecule has 1 aromatic rings. The lowest BCUT2D eigenvalue weighted by Crippen LogP contribution is -2.13. The molecule has 1 aromatic heterocycles. The van der Waals surface area contributed by atoms with Gasteiger partial charge in [-0.25, -0.2) is 0 Å². The standard InChI is InChI=1S/C12H23N3/c1-6-11(7-2)15-10(5)8-12(14-15)13-9(3)4/h8-9,11H,6-7H2,1-5H3,(H,13,14). The summed E-state index contributed by atoms with van der Waals surface area (Å²) >= 11 is 0. The first-order valence-corrected chi connectivity index (χ1v) is 5.91. The molecule has 86 valence electrons. The third kappa shape index (κ3) is 2.98. The number of hydrogen-bond acceptors (Lipinski definition) is 2. The Morgan fingerprint density at radius 2 is 1.93 bits per heavy atom. The SMILES string of the molecule is CCC(CC)n1nc(NC(C)C)cc1C. The number of nitrogens with zero attached hydrogens (tertiary/aromatic N) is 2. The number of anilines is 1. The van der Waals surface area contributed by atoms with E-state index in [1.807, 2.05) is 0 Å². The molecule has 3 nitrogen and oxygen atoms in total. The van der Waals surface area contributed by atoms with Crippen LogP contribution in [0.1, 0.15) is 52.3 Å². The third-order valence-electron chi connectivity index (χ3n) is 2.65.